The van der Waals surface area contributed by atoms with Gasteiger partial charge in [0.25, 0.3) is 0 Å². The Labute approximate surface area is 94.3 Å². The third kappa shape index (κ3) is 3.07. The molecule has 0 amide bonds. The van der Waals surface area contributed by atoms with Crippen LogP contribution in [0.15, 0.2) is 5.03 Å². The molecule has 15 heavy (non-hydrogen) atoms. The fraction of sp³-hybridized carbons (Fsp3) is 0.600. The average molecular weight is 227 g/mol. The number of aryl methyl sites for hydroxylation is 1. The van der Waals surface area contributed by atoms with Crippen molar-refractivity contribution in [2.75, 3.05) is 5.73 Å². The first-order valence-electron chi connectivity index (χ1n) is 4.87. The van der Waals surface area contributed by atoms with E-state index in [1.807, 2.05) is 20.8 Å². The second-order valence-corrected chi connectivity index (χ2v) is 5.02. The van der Waals surface area contributed by atoms with Gasteiger partial charge in [-0.3, -0.25) is 0 Å². The van der Waals surface area contributed by atoms with Gasteiger partial charge in [-0.05, 0) is 20.8 Å². The Hall–Kier alpha value is -0.810. The summed E-state index contributed by atoms with van der Waals surface area (Å²) in [4.78, 5) is 8.39. The Morgan fingerprint density at radius 3 is 2.40 bits per heavy atom. The molecule has 0 aliphatic rings. The highest BCUT2D eigenvalue weighted by molar-refractivity contribution is 7.99. The summed E-state index contributed by atoms with van der Waals surface area (Å²) >= 11 is 1.53. The van der Waals surface area contributed by atoms with Crippen LogP contribution in [0.3, 0.4) is 0 Å². The minimum Gasteiger partial charge on any atom is -0.392 e. The minimum absolute atomic E-state index is 0.0948. The highest BCUT2D eigenvalue weighted by Gasteiger charge is 2.14. The van der Waals surface area contributed by atoms with Gasteiger partial charge in [0.05, 0.1) is 6.10 Å². The van der Waals surface area contributed by atoms with Crippen molar-refractivity contribution in [3.8, 4) is 0 Å². The summed E-state index contributed by atoms with van der Waals surface area (Å²) in [5, 5.41) is 10.4. The van der Waals surface area contributed by atoms with Crippen LogP contribution in [0.4, 0.5) is 5.82 Å². The van der Waals surface area contributed by atoms with Crippen molar-refractivity contribution in [1.82, 2.24) is 9.97 Å². The van der Waals surface area contributed by atoms with E-state index in [4.69, 9.17) is 5.73 Å². The Morgan fingerprint density at radius 1 is 1.27 bits per heavy atom. The van der Waals surface area contributed by atoms with Crippen LogP contribution in [0, 0.1) is 13.8 Å². The molecule has 4 nitrogen and oxygen atoms in total. The SMILES string of the molecule is Cc1nc(N)c(C)c(SC(C)C(C)O)n1. The first kappa shape index (κ1) is 12.3. The van der Waals surface area contributed by atoms with Gasteiger partial charge in [0.15, 0.2) is 0 Å². The zero-order valence-electron chi connectivity index (χ0n) is 9.48. The number of hydrogen-bond donors (Lipinski definition) is 2. The number of aliphatic hydroxyl groups is 1. The van der Waals surface area contributed by atoms with Crippen LogP contribution in [0.2, 0.25) is 0 Å². The van der Waals surface area contributed by atoms with Crippen molar-refractivity contribution in [3.63, 3.8) is 0 Å². The average Bonchev–Trinajstić information content (AvgIpc) is 2.13. The monoisotopic (exact) mass is 227 g/mol. The summed E-state index contributed by atoms with van der Waals surface area (Å²) in [5.41, 5.74) is 6.63. The number of anilines is 1. The summed E-state index contributed by atoms with van der Waals surface area (Å²) in [6.45, 7) is 7.44. The van der Waals surface area contributed by atoms with Crippen LogP contribution in [-0.2, 0) is 0 Å². The number of thioether (sulfide) groups is 1. The van der Waals surface area contributed by atoms with E-state index in [1.54, 1.807) is 6.92 Å². The maximum absolute atomic E-state index is 9.42. The minimum atomic E-state index is -0.370. The molecule has 0 aromatic carbocycles. The van der Waals surface area contributed by atoms with Crippen molar-refractivity contribution in [3.05, 3.63) is 11.4 Å². The number of nitrogens with two attached hydrogens (primary N) is 1. The van der Waals surface area contributed by atoms with E-state index in [-0.39, 0.29) is 11.4 Å². The van der Waals surface area contributed by atoms with Crippen LogP contribution in [0.1, 0.15) is 25.2 Å². The molecule has 0 bridgehead atoms. The molecule has 0 aliphatic carbocycles. The predicted octanol–water partition coefficient (Wildman–Crippen LogP) is 1.54. The Morgan fingerprint density at radius 2 is 1.87 bits per heavy atom. The van der Waals surface area contributed by atoms with Crippen molar-refractivity contribution in [1.29, 1.82) is 0 Å². The molecule has 0 saturated carbocycles. The quantitative estimate of drug-likeness (QED) is 0.605. The molecule has 0 spiro atoms. The Kier molecular flexibility index (Phi) is 3.93. The van der Waals surface area contributed by atoms with E-state index in [2.05, 4.69) is 9.97 Å². The lowest BCUT2D eigenvalue weighted by molar-refractivity contribution is 0.196. The molecule has 0 radical (unpaired) electrons. The molecule has 3 N–H and O–H groups in total. The van der Waals surface area contributed by atoms with Crippen molar-refractivity contribution in [2.45, 2.75) is 44.1 Å². The fourth-order valence-electron chi connectivity index (χ4n) is 1.01. The topological polar surface area (TPSA) is 72.0 Å². The van der Waals surface area contributed by atoms with E-state index in [0.29, 0.717) is 11.6 Å². The van der Waals surface area contributed by atoms with E-state index in [0.717, 1.165) is 10.6 Å². The maximum Gasteiger partial charge on any atom is 0.131 e. The molecule has 5 heteroatoms. The van der Waals surface area contributed by atoms with E-state index in [1.165, 1.54) is 11.8 Å². The second kappa shape index (κ2) is 4.81. The third-order valence-corrected chi connectivity index (χ3v) is 3.61. The molecule has 1 rings (SSSR count). The highest BCUT2D eigenvalue weighted by Crippen LogP contribution is 2.28. The molecule has 1 aromatic heterocycles. The standard InChI is InChI=1S/C10H17N3OS/c1-5-9(11)12-8(4)13-10(5)15-7(3)6(2)14/h6-7,14H,1-4H3,(H2,11,12,13). The van der Waals surface area contributed by atoms with Crippen molar-refractivity contribution < 1.29 is 5.11 Å². The van der Waals surface area contributed by atoms with Gasteiger partial charge in [0.1, 0.15) is 16.7 Å². The summed E-state index contributed by atoms with van der Waals surface area (Å²) in [6.07, 6.45) is -0.370. The van der Waals surface area contributed by atoms with Gasteiger partial charge in [0.2, 0.25) is 0 Å². The van der Waals surface area contributed by atoms with Gasteiger partial charge in [0, 0.05) is 10.8 Å². The molecule has 1 aromatic rings. The van der Waals surface area contributed by atoms with Gasteiger partial charge >= 0.3 is 0 Å². The van der Waals surface area contributed by atoms with Gasteiger partial charge in [-0.2, -0.15) is 0 Å². The molecule has 0 saturated heterocycles. The highest BCUT2D eigenvalue weighted by atomic mass is 32.2. The van der Waals surface area contributed by atoms with E-state index < -0.39 is 0 Å². The number of nitrogen functional groups attached to an aromatic ring is 1. The van der Waals surface area contributed by atoms with E-state index in [9.17, 15) is 5.11 Å². The van der Waals surface area contributed by atoms with Crippen LogP contribution < -0.4 is 5.73 Å². The first-order valence-corrected chi connectivity index (χ1v) is 5.75. The van der Waals surface area contributed by atoms with Crippen LogP contribution >= 0.6 is 11.8 Å². The van der Waals surface area contributed by atoms with Crippen LogP contribution in [-0.4, -0.2) is 26.4 Å². The molecular weight excluding hydrogens is 210 g/mol. The number of nitrogens with zero attached hydrogens (tertiary/aromatic N) is 2. The Balaban J connectivity index is 2.94. The zero-order chi connectivity index (χ0) is 11.6. The molecular formula is C10H17N3OS. The predicted molar refractivity (Wildman–Crippen MR) is 62.9 cm³/mol. The van der Waals surface area contributed by atoms with Gasteiger partial charge in [-0.1, -0.05) is 6.92 Å². The van der Waals surface area contributed by atoms with Gasteiger partial charge in [-0.25, -0.2) is 9.97 Å². The zero-order valence-corrected chi connectivity index (χ0v) is 10.3. The molecule has 1 heterocycles. The van der Waals surface area contributed by atoms with E-state index >= 15 is 0 Å². The lowest BCUT2D eigenvalue weighted by Crippen LogP contribution is -2.16. The lowest BCUT2D eigenvalue weighted by Gasteiger charge is -2.15. The molecule has 0 aliphatic heterocycles. The van der Waals surface area contributed by atoms with Gasteiger partial charge in [-0.15, -0.1) is 11.8 Å². The fourth-order valence-corrected chi connectivity index (χ4v) is 2.03. The molecule has 2 unspecified atom stereocenters. The normalized spacial score (nSPS) is 15.0. The lowest BCUT2D eigenvalue weighted by atomic mass is 10.3. The van der Waals surface area contributed by atoms with Gasteiger partial charge < -0.3 is 10.8 Å². The third-order valence-electron chi connectivity index (χ3n) is 2.23. The Bertz CT molecular complexity index is 355. The van der Waals surface area contributed by atoms with Crippen molar-refractivity contribution >= 4 is 17.6 Å². The number of aromatic nitrogens is 2. The molecule has 84 valence electrons. The maximum atomic E-state index is 9.42. The van der Waals surface area contributed by atoms with Crippen molar-refractivity contribution in [2.24, 2.45) is 0 Å². The second-order valence-electron chi connectivity index (χ2n) is 3.65. The number of aliphatic hydroxyl groups excluding tert-OH is 1. The summed E-state index contributed by atoms with van der Waals surface area (Å²) in [6, 6.07) is 0. The largest absolute Gasteiger partial charge is 0.392 e. The summed E-state index contributed by atoms with van der Waals surface area (Å²) < 4.78 is 0. The first-order chi connectivity index (χ1) is 6.91. The number of rotatable bonds is 3. The van der Waals surface area contributed by atoms with Crippen LogP contribution in [0.25, 0.3) is 0 Å². The smallest absolute Gasteiger partial charge is 0.131 e. The van der Waals surface area contributed by atoms with Crippen LogP contribution in [0.5, 0.6) is 0 Å². The molecule has 0 fully saturated rings. The summed E-state index contributed by atoms with van der Waals surface area (Å²) in [5.74, 6) is 1.18. The number of hydrogen-bond acceptors (Lipinski definition) is 5. The molecule has 2 atom stereocenters. The summed E-state index contributed by atoms with van der Waals surface area (Å²) in [7, 11) is 0.